The van der Waals surface area contributed by atoms with Crippen LogP contribution in [0.1, 0.15) is 49.0 Å². The number of esters is 1. The Kier molecular flexibility index (Phi) is 5.24. The lowest BCUT2D eigenvalue weighted by molar-refractivity contribution is -0.173. The van der Waals surface area contributed by atoms with Crippen molar-refractivity contribution in [1.82, 2.24) is 0 Å². The molecule has 0 saturated heterocycles. The number of rotatable bonds is 6. The van der Waals surface area contributed by atoms with Crippen LogP contribution >= 0.6 is 0 Å². The predicted octanol–water partition coefficient (Wildman–Crippen LogP) is 4.51. The lowest BCUT2D eigenvalue weighted by Gasteiger charge is -2.11. The summed E-state index contributed by atoms with van der Waals surface area (Å²) in [5.74, 6) is 1.30. The molecule has 0 amide bonds. The van der Waals surface area contributed by atoms with Gasteiger partial charge in [-0.3, -0.25) is 0 Å². The minimum Gasteiger partial charge on any atom is -0.428 e. The molecule has 0 fully saturated rings. The van der Waals surface area contributed by atoms with Gasteiger partial charge in [0.2, 0.25) is 0 Å². The average Bonchev–Trinajstić information content (AvgIpc) is 3.04. The Labute approximate surface area is 147 Å². The van der Waals surface area contributed by atoms with Gasteiger partial charge < -0.3 is 18.9 Å². The summed E-state index contributed by atoms with van der Waals surface area (Å²) in [6, 6.07) is 12.7. The second-order valence-corrected chi connectivity index (χ2v) is 5.88. The van der Waals surface area contributed by atoms with Gasteiger partial charge in [-0.15, -0.1) is 0 Å². The molecular weight excluding hydrogens is 320 g/mol. The quantitative estimate of drug-likeness (QED) is 0.571. The van der Waals surface area contributed by atoms with E-state index in [0.717, 1.165) is 6.42 Å². The molecule has 25 heavy (non-hydrogen) atoms. The van der Waals surface area contributed by atoms with Crippen LogP contribution in [-0.4, -0.2) is 19.1 Å². The van der Waals surface area contributed by atoms with Gasteiger partial charge >= 0.3 is 12.4 Å². The maximum absolute atomic E-state index is 12.5. The molecule has 0 aromatic heterocycles. The van der Waals surface area contributed by atoms with Gasteiger partial charge in [-0.05, 0) is 49.1 Å². The van der Waals surface area contributed by atoms with E-state index in [0.29, 0.717) is 35.3 Å². The molecule has 0 spiro atoms. The highest BCUT2D eigenvalue weighted by Crippen LogP contribution is 2.38. The average molecular weight is 342 g/mol. The maximum atomic E-state index is 12.5. The molecule has 1 aliphatic heterocycles. The first kappa shape index (κ1) is 17.3. The summed E-state index contributed by atoms with van der Waals surface area (Å²) in [7, 11) is 0. The van der Waals surface area contributed by atoms with Gasteiger partial charge in [-0.2, -0.15) is 0 Å². The Hall–Kier alpha value is -2.53. The molecule has 5 heteroatoms. The van der Waals surface area contributed by atoms with Crippen LogP contribution < -0.4 is 14.2 Å². The van der Waals surface area contributed by atoms with Crippen LogP contribution in [0.5, 0.6) is 17.2 Å². The van der Waals surface area contributed by atoms with Gasteiger partial charge in [0.25, 0.3) is 0 Å². The van der Waals surface area contributed by atoms with Gasteiger partial charge in [0, 0.05) is 0 Å². The topological polar surface area (TPSA) is 54.0 Å². The zero-order valence-corrected chi connectivity index (χ0v) is 14.7. The van der Waals surface area contributed by atoms with E-state index in [2.05, 4.69) is 13.8 Å². The van der Waals surface area contributed by atoms with Crippen molar-refractivity contribution >= 4 is 5.97 Å². The van der Waals surface area contributed by atoms with Gasteiger partial charge in [0.1, 0.15) is 11.3 Å². The van der Waals surface area contributed by atoms with Crippen molar-refractivity contribution in [3.8, 4) is 17.2 Å². The monoisotopic (exact) mass is 342 g/mol. The van der Waals surface area contributed by atoms with E-state index in [9.17, 15) is 4.79 Å². The summed E-state index contributed by atoms with van der Waals surface area (Å²) in [4.78, 5) is 12.5. The fourth-order valence-corrected chi connectivity index (χ4v) is 2.58. The second kappa shape index (κ2) is 7.57. The van der Waals surface area contributed by atoms with Crippen molar-refractivity contribution in [3.63, 3.8) is 0 Å². The normalized spacial score (nSPS) is 16.5. The van der Waals surface area contributed by atoms with E-state index < -0.39 is 12.4 Å². The number of ether oxygens (including phenoxy) is 4. The van der Waals surface area contributed by atoms with E-state index in [1.807, 2.05) is 31.2 Å². The number of para-hydroxylation sites is 1. The van der Waals surface area contributed by atoms with E-state index in [-0.39, 0.29) is 0 Å². The molecule has 2 atom stereocenters. The molecule has 0 saturated carbocycles. The Morgan fingerprint density at radius 2 is 1.88 bits per heavy atom. The molecule has 3 rings (SSSR count). The highest BCUT2D eigenvalue weighted by molar-refractivity contribution is 5.95. The third-order valence-electron chi connectivity index (χ3n) is 4.21. The fourth-order valence-electron chi connectivity index (χ4n) is 2.58. The lowest BCUT2D eigenvalue weighted by Crippen LogP contribution is -2.22. The van der Waals surface area contributed by atoms with Crippen LogP contribution in [0.2, 0.25) is 0 Å². The Bertz CT molecular complexity index is 738. The number of hydrogen-bond acceptors (Lipinski definition) is 5. The third-order valence-corrected chi connectivity index (χ3v) is 4.21. The summed E-state index contributed by atoms with van der Waals surface area (Å²) >= 11 is 0. The van der Waals surface area contributed by atoms with Crippen molar-refractivity contribution in [2.24, 2.45) is 0 Å². The van der Waals surface area contributed by atoms with Crippen LogP contribution in [0.15, 0.2) is 42.5 Å². The van der Waals surface area contributed by atoms with Crippen LogP contribution in [0.25, 0.3) is 0 Å². The molecule has 0 bridgehead atoms. The van der Waals surface area contributed by atoms with Crippen LogP contribution in [-0.2, 0) is 4.74 Å². The van der Waals surface area contributed by atoms with Gasteiger partial charge in [0.15, 0.2) is 11.5 Å². The molecule has 1 aliphatic rings. The first-order chi connectivity index (χ1) is 12.1. The number of carbonyl (C=O) groups excluding carboxylic acids is 1. The first-order valence-corrected chi connectivity index (χ1v) is 8.52. The molecule has 2 aromatic rings. The minimum atomic E-state index is -0.830. The minimum absolute atomic E-state index is 0.311. The third kappa shape index (κ3) is 3.77. The number of hydrogen-bond donors (Lipinski definition) is 0. The standard InChI is InChI=1S/C20H22O5/c1-4-13(3)14-9-11-15(12-10-14)23-19(21)16-7-6-8-17-18(16)25-20(24-17)22-5-2/h6-13,20H,4-5H2,1-3H3. The molecule has 2 unspecified atom stereocenters. The SMILES string of the molecule is CCOC1Oc2cccc(C(=O)Oc3ccc(C(C)CC)cc3)c2O1. The van der Waals surface area contributed by atoms with Crippen molar-refractivity contribution in [1.29, 1.82) is 0 Å². The Balaban J connectivity index is 1.74. The highest BCUT2D eigenvalue weighted by Gasteiger charge is 2.30. The molecule has 132 valence electrons. The van der Waals surface area contributed by atoms with E-state index in [1.54, 1.807) is 18.2 Å². The summed E-state index contributed by atoms with van der Waals surface area (Å²) in [6.45, 7) is 5.77. The zero-order chi connectivity index (χ0) is 17.8. The van der Waals surface area contributed by atoms with Crippen molar-refractivity contribution < 1.29 is 23.7 Å². The summed E-state index contributed by atoms with van der Waals surface area (Å²) in [6.07, 6.45) is 1.06. The predicted molar refractivity (Wildman–Crippen MR) is 93.2 cm³/mol. The second-order valence-electron chi connectivity index (χ2n) is 5.88. The van der Waals surface area contributed by atoms with E-state index >= 15 is 0 Å². The molecule has 0 N–H and O–H groups in total. The van der Waals surface area contributed by atoms with Crippen LogP contribution in [0.3, 0.4) is 0 Å². The largest absolute Gasteiger partial charge is 0.428 e. The molecular formula is C20H22O5. The molecule has 1 heterocycles. The molecule has 0 aliphatic carbocycles. The molecule has 0 radical (unpaired) electrons. The van der Waals surface area contributed by atoms with Gasteiger partial charge in [0.05, 0.1) is 6.61 Å². The fraction of sp³-hybridized carbons (Fsp3) is 0.350. The molecule has 2 aromatic carbocycles. The van der Waals surface area contributed by atoms with E-state index in [1.165, 1.54) is 5.56 Å². The maximum Gasteiger partial charge on any atom is 0.361 e. The van der Waals surface area contributed by atoms with Gasteiger partial charge in [-0.25, -0.2) is 4.79 Å². The van der Waals surface area contributed by atoms with E-state index in [4.69, 9.17) is 18.9 Å². The lowest BCUT2D eigenvalue weighted by atomic mass is 9.99. The number of benzene rings is 2. The summed E-state index contributed by atoms with van der Waals surface area (Å²) in [5, 5.41) is 0. The molecule has 5 nitrogen and oxygen atoms in total. The summed E-state index contributed by atoms with van der Waals surface area (Å²) in [5.41, 5.74) is 1.53. The van der Waals surface area contributed by atoms with Gasteiger partial charge in [-0.1, -0.05) is 32.0 Å². The van der Waals surface area contributed by atoms with Crippen LogP contribution in [0, 0.1) is 0 Å². The van der Waals surface area contributed by atoms with Crippen LogP contribution in [0.4, 0.5) is 0 Å². The Morgan fingerprint density at radius 3 is 2.56 bits per heavy atom. The van der Waals surface area contributed by atoms with Crippen molar-refractivity contribution in [2.45, 2.75) is 39.6 Å². The number of carbonyl (C=O) groups is 1. The van der Waals surface area contributed by atoms with Crippen molar-refractivity contribution in [3.05, 3.63) is 53.6 Å². The smallest absolute Gasteiger partial charge is 0.361 e. The Morgan fingerprint density at radius 1 is 1.12 bits per heavy atom. The first-order valence-electron chi connectivity index (χ1n) is 8.52. The van der Waals surface area contributed by atoms with Crippen molar-refractivity contribution in [2.75, 3.05) is 6.61 Å². The zero-order valence-electron chi connectivity index (χ0n) is 14.7. The summed E-state index contributed by atoms with van der Waals surface area (Å²) < 4.78 is 21.8. The highest BCUT2D eigenvalue weighted by atomic mass is 16.9. The number of fused-ring (bicyclic) bond motifs is 1.